The fourth-order valence-corrected chi connectivity index (χ4v) is 5.39. The van der Waals surface area contributed by atoms with Gasteiger partial charge in [-0.15, -0.1) is 11.3 Å². The van der Waals surface area contributed by atoms with Crippen LogP contribution in [0, 0.1) is 0 Å². The lowest BCUT2D eigenvalue weighted by atomic mass is 10.0. The molecule has 2 aromatic rings. The summed E-state index contributed by atoms with van der Waals surface area (Å²) >= 11 is 7.68. The highest BCUT2D eigenvalue weighted by Gasteiger charge is 2.34. The van der Waals surface area contributed by atoms with E-state index >= 15 is 0 Å². The maximum Gasteiger partial charge on any atom is 0.249 e. The average molecular weight is 493 g/mol. The van der Waals surface area contributed by atoms with Gasteiger partial charge in [0.25, 0.3) is 0 Å². The van der Waals surface area contributed by atoms with Crippen LogP contribution in [0.3, 0.4) is 0 Å². The predicted octanol–water partition coefficient (Wildman–Crippen LogP) is 3.56. The molecule has 2 amide bonds. The number of hydrogen-bond donors (Lipinski definition) is 0. The van der Waals surface area contributed by atoms with Crippen molar-refractivity contribution in [3.8, 4) is 5.75 Å². The van der Waals surface area contributed by atoms with E-state index in [9.17, 15) is 9.59 Å². The first-order chi connectivity index (χ1) is 16.0. The van der Waals surface area contributed by atoms with Crippen LogP contribution < -0.4 is 4.74 Å². The van der Waals surface area contributed by atoms with E-state index in [1.54, 1.807) is 28.4 Å². The molecule has 1 aromatic heterocycles. The molecule has 0 unspecified atom stereocenters. The molecule has 2 aliphatic heterocycles. The zero-order chi connectivity index (χ0) is 23.2. The second kappa shape index (κ2) is 11.3. The van der Waals surface area contributed by atoms with Gasteiger partial charge in [-0.1, -0.05) is 11.6 Å². The summed E-state index contributed by atoms with van der Waals surface area (Å²) in [5.74, 6) is 0.395. The SMILES string of the molecule is COCC(=O)N(CC(=O)N1CCc2sccc2[C@@H]1COc1ccc(Cl)cc1)C[C@H]1CCCO1. The number of halogens is 1. The first-order valence-corrected chi connectivity index (χ1v) is 12.4. The molecule has 3 heterocycles. The van der Waals surface area contributed by atoms with Crippen molar-refractivity contribution in [2.24, 2.45) is 0 Å². The van der Waals surface area contributed by atoms with Crippen molar-refractivity contribution in [2.45, 2.75) is 31.4 Å². The number of hydrogen-bond acceptors (Lipinski definition) is 6. The Kier molecular flexibility index (Phi) is 8.25. The van der Waals surface area contributed by atoms with Crippen LogP contribution in [0.4, 0.5) is 0 Å². The van der Waals surface area contributed by atoms with Gasteiger partial charge in [0.1, 0.15) is 19.0 Å². The van der Waals surface area contributed by atoms with Crippen molar-refractivity contribution in [2.75, 3.05) is 46.6 Å². The molecule has 7 nitrogen and oxygen atoms in total. The van der Waals surface area contributed by atoms with Crippen LogP contribution in [0.2, 0.25) is 5.02 Å². The Labute approximate surface area is 203 Å². The predicted molar refractivity (Wildman–Crippen MR) is 127 cm³/mol. The monoisotopic (exact) mass is 492 g/mol. The van der Waals surface area contributed by atoms with Gasteiger partial charge in [0.05, 0.1) is 18.7 Å². The van der Waals surface area contributed by atoms with Crippen LogP contribution in [-0.4, -0.2) is 74.3 Å². The molecule has 178 valence electrons. The topological polar surface area (TPSA) is 68.3 Å². The molecule has 0 saturated carbocycles. The van der Waals surface area contributed by atoms with E-state index in [0.29, 0.717) is 37.1 Å². The number of ether oxygens (including phenoxy) is 3. The summed E-state index contributed by atoms with van der Waals surface area (Å²) in [7, 11) is 1.48. The van der Waals surface area contributed by atoms with Gasteiger partial charge in [-0.25, -0.2) is 0 Å². The van der Waals surface area contributed by atoms with Gasteiger partial charge in [0.15, 0.2) is 0 Å². The highest BCUT2D eigenvalue weighted by Crippen LogP contribution is 2.34. The van der Waals surface area contributed by atoms with Crippen molar-refractivity contribution in [1.29, 1.82) is 0 Å². The summed E-state index contributed by atoms with van der Waals surface area (Å²) < 4.78 is 16.8. The van der Waals surface area contributed by atoms with Crippen LogP contribution >= 0.6 is 22.9 Å². The number of thiophene rings is 1. The van der Waals surface area contributed by atoms with Gasteiger partial charge in [-0.05, 0) is 60.5 Å². The van der Waals surface area contributed by atoms with Crippen LogP contribution in [-0.2, 0) is 25.5 Å². The molecule has 0 N–H and O–H groups in total. The molecule has 0 radical (unpaired) electrons. The number of methoxy groups -OCH3 is 1. The number of fused-ring (bicyclic) bond motifs is 1. The lowest BCUT2D eigenvalue weighted by Crippen LogP contribution is -2.49. The molecule has 1 saturated heterocycles. The number of nitrogens with zero attached hydrogens (tertiary/aromatic N) is 2. The van der Waals surface area contributed by atoms with Crippen LogP contribution in [0.25, 0.3) is 0 Å². The van der Waals surface area contributed by atoms with E-state index in [4.69, 9.17) is 25.8 Å². The molecular formula is C24H29ClN2O5S. The minimum absolute atomic E-state index is 0.00102. The second-order valence-electron chi connectivity index (χ2n) is 8.26. The second-order valence-corrected chi connectivity index (χ2v) is 9.70. The van der Waals surface area contributed by atoms with Gasteiger partial charge < -0.3 is 24.0 Å². The standard InChI is InChI=1S/C24H29ClN2O5S/c1-30-16-24(29)26(13-19-3-2-11-31-19)14-23(28)27-10-8-22-20(9-12-33-22)21(27)15-32-18-6-4-17(25)5-7-18/h4-7,9,12,19,21H,2-3,8,10-11,13-16H2,1H3/t19-,21+/m1/s1. The molecule has 0 aliphatic carbocycles. The summed E-state index contributed by atoms with van der Waals surface area (Å²) in [4.78, 5) is 30.8. The van der Waals surface area contributed by atoms with E-state index < -0.39 is 0 Å². The quantitative estimate of drug-likeness (QED) is 0.535. The van der Waals surface area contributed by atoms with Crippen LogP contribution in [0.5, 0.6) is 5.75 Å². The first-order valence-electron chi connectivity index (χ1n) is 11.2. The Bertz CT molecular complexity index is 945. The van der Waals surface area contributed by atoms with E-state index in [-0.39, 0.29) is 37.1 Å². The van der Waals surface area contributed by atoms with Crippen molar-refractivity contribution >= 4 is 34.8 Å². The Hall–Kier alpha value is -2.13. The fourth-order valence-electron chi connectivity index (χ4n) is 4.34. The van der Waals surface area contributed by atoms with Gasteiger partial charge in [0.2, 0.25) is 11.8 Å². The van der Waals surface area contributed by atoms with Crippen molar-refractivity contribution in [1.82, 2.24) is 9.80 Å². The maximum absolute atomic E-state index is 13.5. The highest BCUT2D eigenvalue weighted by molar-refractivity contribution is 7.10. The van der Waals surface area contributed by atoms with Gasteiger partial charge in [-0.2, -0.15) is 0 Å². The summed E-state index contributed by atoms with van der Waals surface area (Å²) in [5, 5.41) is 2.70. The number of rotatable bonds is 9. The normalized spacial score (nSPS) is 19.9. The van der Waals surface area contributed by atoms with Crippen molar-refractivity contribution < 1.29 is 23.8 Å². The zero-order valence-electron chi connectivity index (χ0n) is 18.7. The Balaban J connectivity index is 1.48. The molecule has 0 spiro atoms. The van der Waals surface area contributed by atoms with Gasteiger partial charge in [0, 0.05) is 36.7 Å². The zero-order valence-corrected chi connectivity index (χ0v) is 20.3. The van der Waals surface area contributed by atoms with Crippen LogP contribution in [0.1, 0.15) is 29.3 Å². The molecule has 33 heavy (non-hydrogen) atoms. The molecular weight excluding hydrogens is 464 g/mol. The number of amides is 2. The molecule has 2 aliphatic rings. The number of benzene rings is 1. The van der Waals surface area contributed by atoms with Crippen molar-refractivity contribution in [3.63, 3.8) is 0 Å². The minimum atomic E-state index is -0.217. The molecule has 1 fully saturated rings. The Morgan fingerprint density at radius 2 is 2.09 bits per heavy atom. The van der Waals surface area contributed by atoms with E-state index in [1.807, 2.05) is 17.0 Å². The summed E-state index contributed by atoms with van der Waals surface area (Å²) in [6, 6.07) is 9.04. The molecule has 1 aromatic carbocycles. The smallest absolute Gasteiger partial charge is 0.249 e. The minimum Gasteiger partial charge on any atom is -0.491 e. The third kappa shape index (κ3) is 6.06. The maximum atomic E-state index is 13.5. The van der Waals surface area contributed by atoms with Gasteiger partial charge in [-0.3, -0.25) is 9.59 Å². The van der Waals surface area contributed by atoms with Crippen LogP contribution in [0.15, 0.2) is 35.7 Å². The lowest BCUT2D eigenvalue weighted by Gasteiger charge is -2.37. The fraction of sp³-hybridized carbons (Fsp3) is 0.500. The summed E-state index contributed by atoms with van der Waals surface area (Å²) in [6.45, 7) is 1.96. The number of carbonyl (C=O) groups excluding carboxylic acids is 2. The molecule has 4 rings (SSSR count). The molecule has 9 heteroatoms. The van der Waals surface area contributed by atoms with Gasteiger partial charge >= 0.3 is 0 Å². The Morgan fingerprint density at radius 3 is 2.82 bits per heavy atom. The lowest BCUT2D eigenvalue weighted by molar-refractivity contribution is -0.145. The molecule has 0 bridgehead atoms. The largest absolute Gasteiger partial charge is 0.491 e. The summed E-state index contributed by atoms with van der Waals surface area (Å²) in [5.41, 5.74) is 1.11. The first kappa shape index (κ1) is 24.0. The van der Waals surface area contributed by atoms with E-state index in [1.165, 1.54) is 12.0 Å². The third-order valence-electron chi connectivity index (χ3n) is 6.03. The van der Waals surface area contributed by atoms with E-state index in [0.717, 1.165) is 24.8 Å². The Morgan fingerprint density at radius 1 is 1.27 bits per heavy atom. The highest BCUT2D eigenvalue weighted by atomic mass is 35.5. The van der Waals surface area contributed by atoms with E-state index in [2.05, 4.69) is 11.4 Å². The average Bonchev–Trinajstić information content (AvgIpc) is 3.50. The third-order valence-corrected chi connectivity index (χ3v) is 7.28. The summed E-state index contributed by atoms with van der Waals surface area (Å²) in [6.07, 6.45) is 2.63. The number of carbonyl (C=O) groups is 2. The molecule has 2 atom stereocenters. The van der Waals surface area contributed by atoms with Crippen molar-refractivity contribution in [3.05, 3.63) is 51.2 Å².